The van der Waals surface area contributed by atoms with Crippen LogP contribution in [0.5, 0.6) is 23.0 Å². The Hall–Kier alpha value is -2.69. The average Bonchev–Trinajstić information content (AvgIpc) is 2.65. The van der Waals surface area contributed by atoms with Gasteiger partial charge in [-0.05, 0) is 64.8 Å². The fraction of sp³-hybridized carbons (Fsp3) is 0.458. The van der Waals surface area contributed by atoms with Crippen LogP contribution in [0.3, 0.4) is 0 Å². The number of benzene rings is 2. The molecule has 0 bridgehead atoms. The second-order valence-electron chi connectivity index (χ2n) is 7.50. The van der Waals surface area contributed by atoms with Crippen LogP contribution in [0.15, 0.2) is 30.3 Å². The first kappa shape index (κ1) is 22.6. The van der Waals surface area contributed by atoms with Crippen molar-refractivity contribution in [1.29, 1.82) is 0 Å². The molecule has 0 heterocycles. The summed E-state index contributed by atoms with van der Waals surface area (Å²) >= 11 is 0. The van der Waals surface area contributed by atoms with Crippen molar-refractivity contribution < 1.29 is 23.7 Å². The molecule has 0 saturated carbocycles. The molecule has 0 N–H and O–H groups in total. The summed E-state index contributed by atoms with van der Waals surface area (Å²) in [7, 11) is 3.17. The number of methoxy groups -OCH3 is 2. The van der Waals surface area contributed by atoms with E-state index in [0.717, 1.165) is 22.6 Å². The zero-order valence-corrected chi connectivity index (χ0v) is 18.5. The van der Waals surface area contributed by atoms with Crippen molar-refractivity contribution in [2.45, 2.75) is 59.7 Å². The summed E-state index contributed by atoms with van der Waals surface area (Å²) < 4.78 is 22.5. The molecule has 5 nitrogen and oxygen atoms in total. The minimum Gasteiger partial charge on any atom is -0.496 e. The molecule has 158 valence electrons. The van der Waals surface area contributed by atoms with E-state index in [1.54, 1.807) is 26.4 Å². The highest BCUT2D eigenvalue weighted by Crippen LogP contribution is 2.33. The molecule has 0 fully saturated rings. The Morgan fingerprint density at radius 2 is 1.59 bits per heavy atom. The van der Waals surface area contributed by atoms with E-state index in [4.69, 9.17) is 18.9 Å². The molecule has 0 radical (unpaired) electrons. The highest BCUT2D eigenvalue weighted by Gasteiger charge is 2.18. The fourth-order valence-corrected chi connectivity index (χ4v) is 3.21. The summed E-state index contributed by atoms with van der Waals surface area (Å²) in [6.45, 7) is 9.82. The number of aryl methyl sites for hydroxylation is 1. The summed E-state index contributed by atoms with van der Waals surface area (Å²) in [5, 5.41) is 0. The number of Topliss-reactive ketones (excluding diaryl/α,β-unsaturated/α-hetero) is 1. The van der Waals surface area contributed by atoms with Gasteiger partial charge >= 0.3 is 0 Å². The third-order valence-corrected chi connectivity index (χ3v) is 4.48. The first-order valence-electron chi connectivity index (χ1n) is 9.97. The number of carbonyl (C=O) groups excluding carboxylic acids is 1. The van der Waals surface area contributed by atoms with E-state index >= 15 is 0 Å². The topological polar surface area (TPSA) is 54.0 Å². The largest absolute Gasteiger partial charge is 0.496 e. The van der Waals surface area contributed by atoms with Gasteiger partial charge in [0.1, 0.15) is 23.0 Å². The predicted molar refractivity (Wildman–Crippen MR) is 115 cm³/mol. The second kappa shape index (κ2) is 10.2. The standard InChI is InChI=1S/C24H32O5/c1-15(2)28-19-10-8-18(23(14-19)29-16(3)4)9-12-21(25)20-11-13-22(26-6)17(5)24(20)27-7/h8,10-11,13-16H,9,12H2,1-7H3. The Bertz CT molecular complexity index is 839. The molecule has 0 aliphatic rings. The lowest BCUT2D eigenvalue weighted by atomic mass is 9.99. The van der Waals surface area contributed by atoms with Crippen LogP contribution < -0.4 is 18.9 Å². The smallest absolute Gasteiger partial charge is 0.166 e. The molecule has 0 unspecified atom stereocenters. The molecule has 2 rings (SSSR count). The number of hydrogen-bond donors (Lipinski definition) is 0. The van der Waals surface area contributed by atoms with Crippen LogP contribution in [0.2, 0.25) is 0 Å². The van der Waals surface area contributed by atoms with Crippen molar-refractivity contribution in [2.24, 2.45) is 0 Å². The normalized spacial score (nSPS) is 10.9. The van der Waals surface area contributed by atoms with Gasteiger partial charge in [-0.2, -0.15) is 0 Å². The Morgan fingerprint density at radius 3 is 2.17 bits per heavy atom. The van der Waals surface area contributed by atoms with Gasteiger partial charge in [-0.1, -0.05) is 6.07 Å². The molecule has 2 aromatic rings. The van der Waals surface area contributed by atoms with Crippen molar-refractivity contribution >= 4 is 5.78 Å². The van der Waals surface area contributed by atoms with Crippen LogP contribution in [0.25, 0.3) is 0 Å². The van der Waals surface area contributed by atoms with Crippen molar-refractivity contribution in [2.75, 3.05) is 14.2 Å². The molecule has 0 spiro atoms. The molecular weight excluding hydrogens is 368 g/mol. The maximum absolute atomic E-state index is 12.9. The summed E-state index contributed by atoms with van der Waals surface area (Å²) in [5.41, 5.74) is 2.36. The van der Waals surface area contributed by atoms with E-state index in [2.05, 4.69) is 0 Å². The van der Waals surface area contributed by atoms with Crippen LogP contribution in [0.1, 0.15) is 55.6 Å². The van der Waals surface area contributed by atoms with Crippen molar-refractivity contribution in [1.82, 2.24) is 0 Å². The van der Waals surface area contributed by atoms with E-state index in [9.17, 15) is 4.79 Å². The van der Waals surface area contributed by atoms with E-state index in [1.807, 2.05) is 52.8 Å². The van der Waals surface area contributed by atoms with Crippen LogP contribution in [0.4, 0.5) is 0 Å². The molecule has 0 aromatic heterocycles. The maximum Gasteiger partial charge on any atom is 0.166 e. The van der Waals surface area contributed by atoms with Gasteiger partial charge in [0.15, 0.2) is 5.78 Å². The summed E-state index contributed by atoms with van der Waals surface area (Å²) in [6, 6.07) is 9.36. The number of rotatable bonds is 10. The number of ketones is 1. The second-order valence-corrected chi connectivity index (χ2v) is 7.50. The molecule has 5 heteroatoms. The van der Waals surface area contributed by atoms with E-state index in [1.165, 1.54) is 0 Å². The molecule has 2 aromatic carbocycles. The van der Waals surface area contributed by atoms with E-state index in [-0.39, 0.29) is 18.0 Å². The maximum atomic E-state index is 12.9. The highest BCUT2D eigenvalue weighted by molar-refractivity contribution is 5.99. The van der Waals surface area contributed by atoms with Gasteiger partial charge in [-0.25, -0.2) is 0 Å². The fourth-order valence-electron chi connectivity index (χ4n) is 3.21. The molecule has 29 heavy (non-hydrogen) atoms. The summed E-state index contributed by atoms with van der Waals surface area (Å²) in [4.78, 5) is 12.9. The third kappa shape index (κ3) is 5.89. The van der Waals surface area contributed by atoms with Crippen LogP contribution in [-0.2, 0) is 6.42 Å². The first-order chi connectivity index (χ1) is 13.8. The Balaban J connectivity index is 2.22. The lowest BCUT2D eigenvalue weighted by Gasteiger charge is -2.17. The molecule has 0 atom stereocenters. The Kier molecular flexibility index (Phi) is 7.94. The van der Waals surface area contributed by atoms with Crippen molar-refractivity contribution in [3.63, 3.8) is 0 Å². The van der Waals surface area contributed by atoms with Crippen LogP contribution in [0, 0.1) is 6.92 Å². The number of carbonyl (C=O) groups is 1. The quantitative estimate of drug-likeness (QED) is 0.500. The summed E-state index contributed by atoms with van der Waals surface area (Å²) in [5.74, 6) is 2.80. The van der Waals surface area contributed by atoms with E-state index < -0.39 is 0 Å². The van der Waals surface area contributed by atoms with Gasteiger partial charge in [0.2, 0.25) is 0 Å². The monoisotopic (exact) mass is 400 g/mol. The highest BCUT2D eigenvalue weighted by atomic mass is 16.5. The lowest BCUT2D eigenvalue weighted by molar-refractivity contribution is 0.0979. The van der Waals surface area contributed by atoms with Gasteiger partial charge in [0, 0.05) is 18.1 Å². The lowest BCUT2D eigenvalue weighted by Crippen LogP contribution is -2.11. The Morgan fingerprint density at radius 1 is 0.897 bits per heavy atom. The minimum absolute atomic E-state index is 0.0191. The van der Waals surface area contributed by atoms with Gasteiger partial charge in [-0.3, -0.25) is 4.79 Å². The number of ether oxygens (including phenoxy) is 4. The van der Waals surface area contributed by atoms with Gasteiger partial charge in [0.25, 0.3) is 0 Å². The first-order valence-corrected chi connectivity index (χ1v) is 9.97. The van der Waals surface area contributed by atoms with Gasteiger partial charge in [-0.15, -0.1) is 0 Å². The summed E-state index contributed by atoms with van der Waals surface area (Å²) in [6.07, 6.45) is 1.03. The molecular formula is C24H32O5. The van der Waals surface area contributed by atoms with Gasteiger partial charge in [0.05, 0.1) is 32.0 Å². The predicted octanol–water partition coefficient (Wildman–Crippen LogP) is 5.40. The third-order valence-electron chi connectivity index (χ3n) is 4.48. The molecule has 0 aliphatic carbocycles. The Labute approximate surface area is 173 Å². The molecule has 0 aliphatic heterocycles. The van der Waals surface area contributed by atoms with Gasteiger partial charge < -0.3 is 18.9 Å². The zero-order chi connectivity index (χ0) is 21.6. The van der Waals surface area contributed by atoms with Crippen LogP contribution >= 0.6 is 0 Å². The minimum atomic E-state index is 0.0191. The van der Waals surface area contributed by atoms with Crippen molar-refractivity contribution in [3.8, 4) is 23.0 Å². The zero-order valence-electron chi connectivity index (χ0n) is 18.5. The average molecular weight is 401 g/mol. The van der Waals surface area contributed by atoms with Crippen molar-refractivity contribution in [3.05, 3.63) is 47.0 Å². The SMILES string of the molecule is COc1ccc(C(=O)CCc2ccc(OC(C)C)cc2OC(C)C)c(OC)c1C. The molecule has 0 saturated heterocycles. The number of hydrogen-bond acceptors (Lipinski definition) is 5. The van der Waals surface area contributed by atoms with E-state index in [0.29, 0.717) is 29.9 Å². The van der Waals surface area contributed by atoms with Crippen LogP contribution in [-0.4, -0.2) is 32.2 Å². The molecule has 0 amide bonds.